The first-order chi connectivity index (χ1) is 11.4. The molecular formula is C21H32O3. The first kappa shape index (κ1) is 18.9. The van der Waals surface area contributed by atoms with E-state index in [-0.39, 0.29) is 11.7 Å². The maximum absolute atomic E-state index is 5.85. The van der Waals surface area contributed by atoms with Gasteiger partial charge >= 0.3 is 0 Å². The Morgan fingerprint density at radius 2 is 2.17 bits per heavy atom. The molecule has 2 rings (SSSR count). The van der Waals surface area contributed by atoms with Crippen molar-refractivity contribution < 1.29 is 14.2 Å². The average Bonchev–Trinajstić information content (AvgIpc) is 2.89. The van der Waals surface area contributed by atoms with Crippen LogP contribution in [0.15, 0.2) is 29.8 Å². The lowest BCUT2D eigenvalue weighted by Gasteiger charge is -2.24. The topological polar surface area (TPSA) is 27.7 Å². The SMILES string of the molecule is CCOC(C)(C)CCC(C)=CCCOc1ccc2c(c1)OC(C)C2. The normalized spacial score (nSPS) is 17.5. The molecule has 0 N–H and O–H groups in total. The van der Waals surface area contributed by atoms with Gasteiger partial charge in [0.05, 0.1) is 12.2 Å². The Balaban J connectivity index is 1.71. The summed E-state index contributed by atoms with van der Waals surface area (Å²) in [6.07, 6.45) is 6.59. The van der Waals surface area contributed by atoms with Gasteiger partial charge in [-0.2, -0.15) is 0 Å². The third kappa shape index (κ3) is 5.86. The van der Waals surface area contributed by atoms with Crippen molar-refractivity contribution in [3.05, 3.63) is 35.4 Å². The molecule has 1 aromatic rings. The van der Waals surface area contributed by atoms with Crippen molar-refractivity contribution in [1.82, 2.24) is 0 Å². The summed E-state index contributed by atoms with van der Waals surface area (Å²) >= 11 is 0. The zero-order chi connectivity index (χ0) is 17.6. The Kier molecular flexibility index (Phi) is 6.73. The second-order valence-corrected chi connectivity index (χ2v) is 7.28. The van der Waals surface area contributed by atoms with Crippen LogP contribution in [0.25, 0.3) is 0 Å². The second kappa shape index (κ2) is 8.57. The van der Waals surface area contributed by atoms with Crippen molar-refractivity contribution >= 4 is 0 Å². The molecule has 1 aliphatic heterocycles. The summed E-state index contributed by atoms with van der Waals surface area (Å²) < 4.78 is 17.4. The lowest BCUT2D eigenvalue weighted by molar-refractivity contribution is -0.0158. The predicted molar refractivity (Wildman–Crippen MR) is 99.0 cm³/mol. The number of rotatable bonds is 9. The number of benzene rings is 1. The van der Waals surface area contributed by atoms with Crippen molar-refractivity contribution in [3.63, 3.8) is 0 Å². The first-order valence-corrected chi connectivity index (χ1v) is 9.11. The van der Waals surface area contributed by atoms with E-state index in [1.165, 1.54) is 11.1 Å². The van der Waals surface area contributed by atoms with Gasteiger partial charge in [0.1, 0.15) is 17.6 Å². The van der Waals surface area contributed by atoms with E-state index in [0.717, 1.165) is 43.8 Å². The predicted octanol–water partition coefficient (Wildman–Crippen LogP) is 5.32. The van der Waals surface area contributed by atoms with Crippen molar-refractivity contribution in [2.24, 2.45) is 0 Å². The third-order valence-corrected chi connectivity index (χ3v) is 4.41. The molecule has 134 valence electrons. The number of hydrogen-bond acceptors (Lipinski definition) is 3. The van der Waals surface area contributed by atoms with Crippen molar-refractivity contribution in [3.8, 4) is 11.5 Å². The second-order valence-electron chi connectivity index (χ2n) is 7.28. The molecule has 0 fully saturated rings. The summed E-state index contributed by atoms with van der Waals surface area (Å²) in [6.45, 7) is 12.1. The van der Waals surface area contributed by atoms with Crippen LogP contribution in [0.1, 0.15) is 59.4 Å². The molecule has 1 unspecified atom stereocenters. The van der Waals surface area contributed by atoms with E-state index in [4.69, 9.17) is 14.2 Å². The van der Waals surface area contributed by atoms with Crippen LogP contribution in [-0.4, -0.2) is 24.9 Å². The maximum atomic E-state index is 5.85. The molecule has 3 nitrogen and oxygen atoms in total. The fourth-order valence-corrected chi connectivity index (χ4v) is 3.02. The zero-order valence-corrected chi connectivity index (χ0v) is 15.9. The summed E-state index contributed by atoms with van der Waals surface area (Å²) in [5.74, 6) is 1.87. The highest BCUT2D eigenvalue weighted by atomic mass is 16.5. The number of hydrogen-bond donors (Lipinski definition) is 0. The van der Waals surface area contributed by atoms with Gasteiger partial charge in [-0.1, -0.05) is 17.7 Å². The van der Waals surface area contributed by atoms with Crippen molar-refractivity contribution in [1.29, 1.82) is 0 Å². The molecule has 0 amide bonds. The van der Waals surface area contributed by atoms with Gasteiger partial charge in [0.25, 0.3) is 0 Å². The highest BCUT2D eigenvalue weighted by Gasteiger charge is 2.19. The van der Waals surface area contributed by atoms with Crippen LogP contribution in [-0.2, 0) is 11.2 Å². The summed E-state index contributed by atoms with van der Waals surface area (Å²) in [7, 11) is 0. The molecule has 0 saturated heterocycles. The number of fused-ring (bicyclic) bond motifs is 1. The smallest absolute Gasteiger partial charge is 0.126 e. The molecule has 0 spiro atoms. The quantitative estimate of drug-likeness (QED) is 0.452. The largest absolute Gasteiger partial charge is 0.493 e. The number of allylic oxidation sites excluding steroid dienone is 1. The molecule has 0 bridgehead atoms. The van der Waals surface area contributed by atoms with Crippen LogP contribution in [0, 0.1) is 0 Å². The Morgan fingerprint density at radius 3 is 2.92 bits per heavy atom. The molecule has 0 aromatic heterocycles. The van der Waals surface area contributed by atoms with Crippen LogP contribution in [0.2, 0.25) is 0 Å². The zero-order valence-electron chi connectivity index (χ0n) is 15.9. The standard InChI is InChI=1S/C21H32O3/c1-6-23-21(4,5)12-11-16(2)8-7-13-22-19-10-9-18-14-17(3)24-20(18)15-19/h8-10,15,17H,6-7,11-14H2,1-5H3. The molecule has 24 heavy (non-hydrogen) atoms. The minimum absolute atomic E-state index is 0.0398. The van der Waals surface area contributed by atoms with Gasteiger partial charge in [0.15, 0.2) is 0 Å². The van der Waals surface area contributed by atoms with E-state index in [9.17, 15) is 0 Å². The monoisotopic (exact) mass is 332 g/mol. The molecule has 1 aliphatic rings. The summed E-state index contributed by atoms with van der Waals surface area (Å²) in [6, 6.07) is 6.17. The van der Waals surface area contributed by atoms with Crippen LogP contribution in [0.5, 0.6) is 11.5 Å². The Bertz CT molecular complexity index is 560. The average molecular weight is 332 g/mol. The van der Waals surface area contributed by atoms with Gasteiger partial charge in [-0.3, -0.25) is 0 Å². The van der Waals surface area contributed by atoms with Gasteiger partial charge in [0, 0.05) is 19.1 Å². The Hall–Kier alpha value is -1.48. The van der Waals surface area contributed by atoms with E-state index in [1.54, 1.807) is 0 Å². The van der Waals surface area contributed by atoms with E-state index < -0.39 is 0 Å². The van der Waals surface area contributed by atoms with Crippen LogP contribution < -0.4 is 9.47 Å². The van der Waals surface area contributed by atoms with E-state index in [1.807, 2.05) is 19.1 Å². The molecule has 0 radical (unpaired) electrons. The van der Waals surface area contributed by atoms with Crippen LogP contribution in [0.4, 0.5) is 0 Å². The highest BCUT2D eigenvalue weighted by molar-refractivity contribution is 5.43. The maximum Gasteiger partial charge on any atom is 0.126 e. The third-order valence-electron chi connectivity index (χ3n) is 4.41. The molecule has 1 heterocycles. The minimum Gasteiger partial charge on any atom is -0.493 e. The van der Waals surface area contributed by atoms with E-state index in [0.29, 0.717) is 6.61 Å². The Morgan fingerprint density at radius 1 is 1.38 bits per heavy atom. The molecular weight excluding hydrogens is 300 g/mol. The highest BCUT2D eigenvalue weighted by Crippen LogP contribution is 2.32. The van der Waals surface area contributed by atoms with Gasteiger partial charge in [-0.05, 0) is 65.5 Å². The fraction of sp³-hybridized carbons (Fsp3) is 0.619. The van der Waals surface area contributed by atoms with Gasteiger partial charge in [-0.15, -0.1) is 0 Å². The van der Waals surface area contributed by atoms with Crippen LogP contribution in [0.3, 0.4) is 0 Å². The van der Waals surface area contributed by atoms with E-state index in [2.05, 4.69) is 39.8 Å². The number of ether oxygens (including phenoxy) is 3. The van der Waals surface area contributed by atoms with Crippen LogP contribution >= 0.6 is 0 Å². The molecule has 0 aliphatic carbocycles. The van der Waals surface area contributed by atoms with Gasteiger partial charge in [-0.25, -0.2) is 0 Å². The summed E-state index contributed by atoms with van der Waals surface area (Å²) in [5.41, 5.74) is 2.64. The van der Waals surface area contributed by atoms with Crippen molar-refractivity contribution in [2.75, 3.05) is 13.2 Å². The lowest BCUT2D eigenvalue weighted by atomic mass is 9.99. The molecule has 0 saturated carbocycles. The van der Waals surface area contributed by atoms with Gasteiger partial charge in [0.2, 0.25) is 0 Å². The first-order valence-electron chi connectivity index (χ1n) is 9.11. The van der Waals surface area contributed by atoms with Crippen molar-refractivity contribution in [2.45, 2.75) is 72.0 Å². The van der Waals surface area contributed by atoms with E-state index >= 15 is 0 Å². The summed E-state index contributed by atoms with van der Waals surface area (Å²) in [4.78, 5) is 0. The fourth-order valence-electron chi connectivity index (χ4n) is 3.02. The molecule has 1 atom stereocenters. The van der Waals surface area contributed by atoms with Gasteiger partial charge < -0.3 is 14.2 Å². The minimum atomic E-state index is -0.0398. The molecule has 1 aromatic carbocycles. The lowest BCUT2D eigenvalue weighted by Crippen LogP contribution is -2.24. The Labute approximate surface area is 147 Å². The summed E-state index contributed by atoms with van der Waals surface area (Å²) in [5, 5.41) is 0. The molecule has 3 heteroatoms.